The van der Waals surface area contributed by atoms with Gasteiger partial charge in [-0.15, -0.1) is 10.2 Å². The summed E-state index contributed by atoms with van der Waals surface area (Å²) in [5.74, 6) is 3.01. The largest absolute Gasteiger partial charge is 0.489 e. The van der Waals surface area contributed by atoms with E-state index in [1.165, 1.54) is 22.0 Å². The summed E-state index contributed by atoms with van der Waals surface area (Å²) in [6.07, 6.45) is 5.08. The summed E-state index contributed by atoms with van der Waals surface area (Å²) < 4.78 is 14.9. The van der Waals surface area contributed by atoms with Crippen LogP contribution < -0.4 is 9.47 Å². The van der Waals surface area contributed by atoms with Gasteiger partial charge in [-0.3, -0.25) is 0 Å². The number of allylic oxidation sites excluding steroid dienone is 1. The van der Waals surface area contributed by atoms with Gasteiger partial charge in [-0.05, 0) is 90.7 Å². The molecule has 5 rings (SSSR count). The number of ether oxygens (including phenoxy) is 2. The Morgan fingerprint density at radius 2 is 1.79 bits per heavy atom. The molecule has 0 amide bonds. The van der Waals surface area contributed by atoms with Gasteiger partial charge in [0.25, 0.3) is 0 Å². The third kappa shape index (κ3) is 5.47. The van der Waals surface area contributed by atoms with Gasteiger partial charge in [0.15, 0.2) is 0 Å². The van der Waals surface area contributed by atoms with E-state index >= 15 is 0 Å². The smallest absolute Gasteiger partial charge is 0.204 e. The number of tetrazole rings is 1. The molecule has 0 aliphatic heterocycles. The van der Waals surface area contributed by atoms with E-state index in [1.807, 2.05) is 30.3 Å². The number of rotatable bonds is 11. The highest BCUT2D eigenvalue weighted by Gasteiger charge is 2.13. The molecule has 0 unspecified atom stereocenters. The SMILES string of the molecule is C=C(C)Cn1ccc2c(CCC)c(OCc3cc(Oc4ccc(-c5nn[nH]n5)cc4)ccc3CC)ccc21. The molecule has 0 aliphatic carbocycles. The Hall–Kier alpha value is -4.39. The van der Waals surface area contributed by atoms with Crippen molar-refractivity contribution in [3.63, 3.8) is 0 Å². The molecule has 0 aliphatic rings. The van der Waals surface area contributed by atoms with Crippen molar-refractivity contribution in [2.24, 2.45) is 0 Å². The molecule has 38 heavy (non-hydrogen) atoms. The first kappa shape index (κ1) is 25.3. The predicted molar refractivity (Wildman–Crippen MR) is 151 cm³/mol. The molecule has 2 heterocycles. The third-order valence-electron chi connectivity index (χ3n) is 6.60. The van der Waals surface area contributed by atoms with E-state index in [4.69, 9.17) is 9.47 Å². The van der Waals surface area contributed by atoms with E-state index in [9.17, 15) is 0 Å². The fraction of sp³-hybridized carbons (Fsp3) is 0.258. The molecule has 194 valence electrons. The van der Waals surface area contributed by atoms with Crippen molar-refractivity contribution >= 4 is 10.9 Å². The molecular weight excluding hydrogens is 474 g/mol. The second kappa shape index (κ2) is 11.3. The van der Waals surface area contributed by atoms with E-state index in [-0.39, 0.29) is 0 Å². The highest BCUT2D eigenvalue weighted by Crippen LogP contribution is 2.32. The van der Waals surface area contributed by atoms with Gasteiger partial charge in [-0.1, -0.05) is 38.5 Å². The molecule has 5 aromatic rings. The molecule has 7 heteroatoms. The van der Waals surface area contributed by atoms with Crippen LogP contribution in [0.5, 0.6) is 17.2 Å². The van der Waals surface area contributed by atoms with Crippen LogP contribution in [0.3, 0.4) is 0 Å². The Labute approximate surface area is 223 Å². The highest BCUT2D eigenvalue weighted by atomic mass is 16.5. The second-order valence-corrected chi connectivity index (χ2v) is 9.56. The number of hydrogen-bond donors (Lipinski definition) is 1. The molecule has 0 saturated carbocycles. The quantitative estimate of drug-likeness (QED) is 0.190. The zero-order valence-corrected chi connectivity index (χ0v) is 22.2. The Morgan fingerprint density at radius 1 is 0.974 bits per heavy atom. The zero-order chi connectivity index (χ0) is 26.5. The Balaban J connectivity index is 1.35. The van der Waals surface area contributed by atoms with Crippen LogP contribution in [-0.2, 0) is 26.0 Å². The Morgan fingerprint density at radius 3 is 2.50 bits per heavy atom. The third-order valence-corrected chi connectivity index (χ3v) is 6.60. The van der Waals surface area contributed by atoms with Gasteiger partial charge in [0, 0.05) is 34.8 Å². The van der Waals surface area contributed by atoms with Crippen LogP contribution in [0.25, 0.3) is 22.3 Å². The fourth-order valence-electron chi connectivity index (χ4n) is 4.78. The lowest BCUT2D eigenvalue weighted by Crippen LogP contribution is -2.03. The number of benzene rings is 3. The topological polar surface area (TPSA) is 77.9 Å². The molecule has 7 nitrogen and oxygen atoms in total. The predicted octanol–water partition coefficient (Wildman–Crippen LogP) is 7.28. The minimum Gasteiger partial charge on any atom is -0.489 e. The molecule has 3 aromatic carbocycles. The first-order valence-electron chi connectivity index (χ1n) is 13.1. The lowest BCUT2D eigenvalue weighted by Gasteiger charge is -2.16. The molecule has 0 radical (unpaired) electrons. The number of nitrogens with one attached hydrogen (secondary N) is 1. The van der Waals surface area contributed by atoms with Crippen LogP contribution in [0.4, 0.5) is 0 Å². The first-order chi connectivity index (χ1) is 18.6. The standard InChI is InChI=1S/C31H33N5O2/c1-5-7-28-27-16-17-36(19-21(3)4)29(27)14-15-30(28)37-20-24-18-26(13-8-22(24)6-2)38-25-11-9-23(10-12-25)31-32-34-35-33-31/h8-18H,3,5-7,19-20H2,1-2,4H3,(H,32,33,34,35). The van der Waals surface area contributed by atoms with Gasteiger partial charge in [-0.25, -0.2) is 0 Å². The Bertz CT molecular complexity index is 1540. The minimum absolute atomic E-state index is 0.478. The summed E-state index contributed by atoms with van der Waals surface area (Å²) in [5.41, 5.74) is 6.86. The zero-order valence-electron chi connectivity index (χ0n) is 22.2. The van der Waals surface area contributed by atoms with Crippen molar-refractivity contribution in [3.05, 3.63) is 95.7 Å². The maximum Gasteiger partial charge on any atom is 0.204 e. The molecule has 1 N–H and O–H groups in total. The average molecular weight is 508 g/mol. The van der Waals surface area contributed by atoms with Crippen molar-refractivity contribution in [2.75, 3.05) is 0 Å². The van der Waals surface area contributed by atoms with Gasteiger partial charge in [0.05, 0.1) is 0 Å². The number of aryl methyl sites for hydroxylation is 2. The van der Waals surface area contributed by atoms with E-state index in [0.29, 0.717) is 12.4 Å². The summed E-state index contributed by atoms with van der Waals surface area (Å²) in [4.78, 5) is 0. The fourth-order valence-corrected chi connectivity index (χ4v) is 4.78. The number of aromatic amines is 1. The number of fused-ring (bicyclic) bond motifs is 1. The van der Waals surface area contributed by atoms with Crippen molar-refractivity contribution in [1.29, 1.82) is 0 Å². The van der Waals surface area contributed by atoms with Crippen molar-refractivity contribution in [1.82, 2.24) is 25.2 Å². The summed E-state index contributed by atoms with van der Waals surface area (Å²) in [6, 6.07) is 20.3. The summed E-state index contributed by atoms with van der Waals surface area (Å²) in [5, 5.41) is 15.4. The summed E-state index contributed by atoms with van der Waals surface area (Å²) in [7, 11) is 0. The summed E-state index contributed by atoms with van der Waals surface area (Å²) >= 11 is 0. The van der Waals surface area contributed by atoms with Crippen molar-refractivity contribution in [3.8, 4) is 28.6 Å². The molecule has 0 atom stereocenters. The number of aromatic nitrogens is 5. The van der Waals surface area contributed by atoms with Crippen LogP contribution in [0, 0.1) is 0 Å². The normalized spacial score (nSPS) is 11.1. The van der Waals surface area contributed by atoms with Gasteiger partial charge in [0.1, 0.15) is 23.9 Å². The Kier molecular flexibility index (Phi) is 7.54. The van der Waals surface area contributed by atoms with Crippen LogP contribution >= 0.6 is 0 Å². The number of hydrogen-bond acceptors (Lipinski definition) is 5. The van der Waals surface area contributed by atoms with Gasteiger partial charge in [0.2, 0.25) is 5.82 Å². The molecule has 2 aromatic heterocycles. The van der Waals surface area contributed by atoms with Crippen molar-refractivity contribution in [2.45, 2.75) is 53.2 Å². The van der Waals surface area contributed by atoms with E-state index in [1.54, 1.807) is 0 Å². The van der Waals surface area contributed by atoms with Crippen LogP contribution in [0.1, 0.15) is 43.9 Å². The monoisotopic (exact) mass is 507 g/mol. The maximum absolute atomic E-state index is 6.47. The van der Waals surface area contributed by atoms with Crippen LogP contribution in [0.15, 0.2) is 79.0 Å². The number of H-pyrrole nitrogens is 1. The van der Waals surface area contributed by atoms with Crippen LogP contribution in [0.2, 0.25) is 0 Å². The number of nitrogens with zero attached hydrogens (tertiary/aromatic N) is 4. The highest BCUT2D eigenvalue weighted by molar-refractivity contribution is 5.86. The van der Waals surface area contributed by atoms with Gasteiger partial charge >= 0.3 is 0 Å². The molecular formula is C31H33N5O2. The second-order valence-electron chi connectivity index (χ2n) is 9.56. The van der Waals surface area contributed by atoms with E-state index in [0.717, 1.165) is 59.8 Å². The first-order valence-corrected chi connectivity index (χ1v) is 13.1. The minimum atomic E-state index is 0.478. The molecule has 0 fully saturated rings. The van der Waals surface area contributed by atoms with E-state index in [2.05, 4.69) is 89.1 Å². The lowest BCUT2D eigenvalue weighted by atomic mass is 10.0. The average Bonchev–Trinajstić information content (AvgIpc) is 3.60. The van der Waals surface area contributed by atoms with E-state index < -0.39 is 0 Å². The molecule has 0 bridgehead atoms. The summed E-state index contributed by atoms with van der Waals surface area (Å²) in [6.45, 7) is 11.8. The van der Waals surface area contributed by atoms with Gasteiger partial charge in [-0.2, -0.15) is 5.21 Å². The van der Waals surface area contributed by atoms with Gasteiger partial charge < -0.3 is 14.0 Å². The van der Waals surface area contributed by atoms with Crippen LogP contribution in [-0.4, -0.2) is 25.2 Å². The molecule has 0 saturated heterocycles. The molecule has 0 spiro atoms. The van der Waals surface area contributed by atoms with Crippen molar-refractivity contribution < 1.29 is 9.47 Å². The maximum atomic E-state index is 6.47. The lowest BCUT2D eigenvalue weighted by molar-refractivity contribution is 0.301.